The van der Waals surface area contributed by atoms with E-state index in [0.717, 1.165) is 4.31 Å². The van der Waals surface area contributed by atoms with E-state index in [9.17, 15) is 13.2 Å². The van der Waals surface area contributed by atoms with Gasteiger partial charge < -0.3 is 4.74 Å². The Labute approximate surface area is 161 Å². The fraction of sp³-hybridized carbons (Fsp3) is 0.188. The van der Waals surface area contributed by atoms with Crippen molar-refractivity contribution >= 4 is 56.5 Å². The van der Waals surface area contributed by atoms with Crippen LogP contribution in [0.2, 0.25) is 15.1 Å². The Hall–Kier alpha value is -1.47. The maximum atomic E-state index is 13.0. The first-order valence-corrected chi connectivity index (χ1v) is 9.72. The lowest BCUT2D eigenvalue weighted by Gasteiger charge is -2.24. The molecule has 0 aliphatic carbocycles. The van der Waals surface area contributed by atoms with Crippen LogP contribution in [0.3, 0.4) is 0 Å². The van der Waals surface area contributed by atoms with E-state index >= 15 is 0 Å². The Kier molecular flexibility index (Phi) is 6.57. The Morgan fingerprint density at radius 2 is 1.68 bits per heavy atom. The molecule has 9 heteroatoms. The number of carbonyl (C=O) groups excluding carboxylic acids is 1. The molecule has 0 unspecified atom stereocenters. The molecule has 0 amide bonds. The number of benzene rings is 2. The molecule has 0 saturated carbocycles. The molecule has 25 heavy (non-hydrogen) atoms. The average Bonchev–Trinajstić information content (AvgIpc) is 2.56. The van der Waals surface area contributed by atoms with Gasteiger partial charge in [-0.05, 0) is 49.4 Å². The van der Waals surface area contributed by atoms with Crippen molar-refractivity contribution in [3.63, 3.8) is 0 Å². The normalized spacial score (nSPS) is 11.2. The highest BCUT2D eigenvalue weighted by Gasteiger charge is 2.28. The summed E-state index contributed by atoms with van der Waals surface area (Å²) in [5.41, 5.74) is 0.192. The molecule has 2 aromatic rings. The second-order valence-electron chi connectivity index (χ2n) is 4.87. The highest BCUT2D eigenvalue weighted by Crippen LogP contribution is 2.30. The van der Waals surface area contributed by atoms with Gasteiger partial charge in [0.15, 0.2) is 0 Å². The molecule has 2 aromatic carbocycles. The molecule has 0 N–H and O–H groups in total. The highest BCUT2D eigenvalue weighted by molar-refractivity contribution is 7.92. The van der Waals surface area contributed by atoms with Crippen molar-refractivity contribution in [2.75, 3.05) is 17.5 Å². The topological polar surface area (TPSA) is 63.7 Å². The fourth-order valence-corrected chi connectivity index (χ4v) is 3.83. The smallest absolute Gasteiger partial charge is 0.326 e. The van der Waals surface area contributed by atoms with E-state index < -0.39 is 22.5 Å². The van der Waals surface area contributed by atoms with Crippen LogP contribution >= 0.6 is 34.8 Å². The molecule has 0 aliphatic heterocycles. The maximum absolute atomic E-state index is 13.0. The third-order valence-corrected chi connectivity index (χ3v) is 5.95. The van der Waals surface area contributed by atoms with Gasteiger partial charge in [0.2, 0.25) is 0 Å². The molecule has 0 atom stereocenters. The molecule has 134 valence electrons. The summed E-state index contributed by atoms with van der Waals surface area (Å²) in [4.78, 5) is 11.9. The van der Waals surface area contributed by atoms with Gasteiger partial charge in [0.1, 0.15) is 6.54 Å². The van der Waals surface area contributed by atoms with Crippen molar-refractivity contribution in [2.45, 2.75) is 11.8 Å². The Morgan fingerprint density at radius 1 is 1.04 bits per heavy atom. The van der Waals surface area contributed by atoms with Gasteiger partial charge in [-0.15, -0.1) is 0 Å². The van der Waals surface area contributed by atoms with Gasteiger partial charge in [-0.3, -0.25) is 9.10 Å². The molecule has 0 bridgehead atoms. The Bertz CT molecular complexity index is 869. The van der Waals surface area contributed by atoms with E-state index in [4.69, 9.17) is 39.5 Å². The van der Waals surface area contributed by atoms with Crippen LogP contribution < -0.4 is 4.31 Å². The van der Waals surface area contributed by atoms with Gasteiger partial charge in [-0.1, -0.05) is 34.8 Å². The summed E-state index contributed by atoms with van der Waals surface area (Å²) in [5, 5.41) is 0.829. The fourth-order valence-electron chi connectivity index (χ4n) is 2.01. The monoisotopic (exact) mass is 421 g/mol. The van der Waals surface area contributed by atoms with E-state index in [0.29, 0.717) is 5.02 Å². The molecule has 0 radical (unpaired) electrons. The molecular formula is C16H14Cl3NO4S. The van der Waals surface area contributed by atoms with Crippen LogP contribution in [-0.2, 0) is 19.6 Å². The second kappa shape index (κ2) is 8.27. The van der Waals surface area contributed by atoms with Crippen LogP contribution in [0.4, 0.5) is 5.69 Å². The third-order valence-electron chi connectivity index (χ3n) is 3.17. The lowest BCUT2D eigenvalue weighted by molar-refractivity contribution is -0.141. The van der Waals surface area contributed by atoms with Gasteiger partial charge in [0.05, 0.1) is 27.2 Å². The Balaban J connectivity index is 2.51. The molecule has 5 nitrogen and oxygen atoms in total. The first-order chi connectivity index (χ1) is 11.8. The molecule has 0 saturated heterocycles. The third kappa shape index (κ3) is 4.79. The van der Waals surface area contributed by atoms with Crippen molar-refractivity contribution < 1.29 is 17.9 Å². The summed E-state index contributed by atoms with van der Waals surface area (Å²) in [6, 6.07) is 9.89. The van der Waals surface area contributed by atoms with Gasteiger partial charge >= 0.3 is 5.97 Å². The number of esters is 1. The lowest BCUT2D eigenvalue weighted by atomic mass is 10.3. The van der Waals surface area contributed by atoms with Gasteiger partial charge in [-0.2, -0.15) is 0 Å². The standard InChI is InChI=1S/C16H14Cl3NO4S/c1-2-24-16(21)10-20(12-5-8-14(18)15(19)9-12)25(22,23)13-6-3-11(17)4-7-13/h3-9H,2,10H2,1H3. The first kappa shape index (κ1) is 19.8. The zero-order chi connectivity index (χ0) is 18.6. The van der Waals surface area contributed by atoms with Crippen LogP contribution in [0.15, 0.2) is 47.4 Å². The number of hydrogen-bond acceptors (Lipinski definition) is 4. The van der Waals surface area contributed by atoms with Crippen LogP contribution in [-0.4, -0.2) is 27.5 Å². The SMILES string of the molecule is CCOC(=O)CN(c1ccc(Cl)c(Cl)c1)S(=O)(=O)c1ccc(Cl)cc1. The lowest BCUT2D eigenvalue weighted by Crippen LogP contribution is -2.36. The summed E-state index contributed by atoms with van der Waals surface area (Å²) >= 11 is 17.7. The van der Waals surface area contributed by atoms with Crippen molar-refractivity contribution in [2.24, 2.45) is 0 Å². The number of carbonyl (C=O) groups is 1. The van der Waals surface area contributed by atoms with Crippen LogP contribution in [0.5, 0.6) is 0 Å². The molecule has 2 rings (SSSR count). The summed E-state index contributed by atoms with van der Waals surface area (Å²) in [6.07, 6.45) is 0. The minimum absolute atomic E-state index is 0.0210. The van der Waals surface area contributed by atoms with Crippen molar-refractivity contribution in [1.29, 1.82) is 0 Å². The molecule has 0 spiro atoms. The van der Waals surface area contributed by atoms with Crippen LogP contribution in [0.25, 0.3) is 0 Å². The van der Waals surface area contributed by atoms with Crippen molar-refractivity contribution in [3.8, 4) is 0 Å². The zero-order valence-electron chi connectivity index (χ0n) is 13.1. The van der Waals surface area contributed by atoms with E-state index in [2.05, 4.69) is 0 Å². The average molecular weight is 423 g/mol. The number of sulfonamides is 1. The van der Waals surface area contributed by atoms with Gasteiger partial charge in [0, 0.05) is 5.02 Å². The summed E-state index contributed by atoms with van der Waals surface area (Å²) in [5.74, 6) is -0.689. The zero-order valence-corrected chi connectivity index (χ0v) is 16.2. The largest absolute Gasteiger partial charge is 0.465 e. The number of hydrogen-bond donors (Lipinski definition) is 0. The summed E-state index contributed by atoms with van der Waals surface area (Å²) < 4.78 is 31.7. The molecule has 0 heterocycles. The molecule has 0 aromatic heterocycles. The quantitative estimate of drug-likeness (QED) is 0.647. The van der Waals surface area contributed by atoms with Crippen molar-refractivity contribution in [3.05, 3.63) is 57.5 Å². The summed E-state index contributed by atoms with van der Waals surface area (Å²) in [6.45, 7) is 1.26. The minimum atomic E-state index is -4.04. The number of nitrogens with zero attached hydrogens (tertiary/aromatic N) is 1. The van der Waals surface area contributed by atoms with Crippen LogP contribution in [0.1, 0.15) is 6.92 Å². The molecular weight excluding hydrogens is 409 g/mol. The van der Waals surface area contributed by atoms with Crippen LogP contribution in [0, 0.1) is 0 Å². The van der Waals surface area contributed by atoms with Gasteiger partial charge in [-0.25, -0.2) is 8.42 Å². The summed E-state index contributed by atoms with van der Waals surface area (Å²) in [7, 11) is -4.04. The number of rotatable bonds is 6. The minimum Gasteiger partial charge on any atom is -0.465 e. The van der Waals surface area contributed by atoms with Gasteiger partial charge in [0.25, 0.3) is 10.0 Å². The predicted octanol–water partition coefficient (Wildman–Crippen LogP) is 4.41. The van der Waals surface area contributed by atoms with Crippen molar-refractivity contribution in [1.82, 2.24) is 0 Å². The first-order valence-electron chi connectivity index (χ1n) is 7.14. The van der Waals surface area contributed by atoms with E-state index in [1.807, 2.05) is 0 Å². The second-order valence-corrected chi connectivity index (χ2v) is 7.98. The number of anilines is 1. The molecule has 0 fully saturated rings. The number of ether oxygens (including phenoxy) is 1. The predicted molar refractivity (Wildman–Crippen MR) is 99.1 cm³/mol. The number of halogens is 3. The Morgan fingerprint density at radius 3 is 2.24 bits per heavy atom. The van der Waals surface area contributed by atoms with E-state index in [-0.39, 0.29) is 27.2 Å². The van der Waals surface area contributed by atoms with E-state index in [1.165, 1.54) is 42.5 Å². The van der Waals surface area contributed by atoms with E-state index in [1.54, 1.807) is 6.92 Å². The maximum Gasteiger partial charge on any atom is 0.326 e. The molecule has 0 aliphatic rings. The highest BCUT2D eigenvalue weighted by atomic mass is 35.5.